The highest BCUT2D eigenvalue weighted by Crippen LogP contribution is 2.26. The van der Waals surface area contributed by atoms with Crippen LogP contribution in [0.4, 0.5) is 4.79 Å². The van der Waals surface area contributed by atoms with Crippen LogP contribution in [0.15, 0.2) is 11.6 Å². The Kier molecular flexibility index (Phi) is 5.07. The number of amides is 1. The summed E-state index contributed by atoms with van der Waals surface area (Å²) in [5, 5.41) is 0. The van der Waals surface area contributed by atoms with Crippen molar-refractivity contribution < 1.29 is 14.3 Å². The zero-order valence-corrected chi connectivity index (χ0v) is 13.5. The van der Waals surface area contributed by atoms with Crippen molar-refractivity contribution in [2.24, 2.45) is 5.92 Å². The van der Waals surface area contributed by atoms with E-state index in [0.29, 0.717) is 13.1 Å². The maximum Gasteiger partial charge on any atom is 0.410 e. The second-order valence-electron chi connectivity index (χ2n) is 7.10. The van der Waals surface area contributed by atoms with Gasteiger partial charge in [0.15, 0.2) is 5.78 Å². The van der Waals surface area contributed by atoms with E-state index >= 15 is 0 Å². The van der Waals surface area contributed by atoms with Gasteiger partial charge in [0, 0.05) is 19.0 Å². The number of ketones is 1. The summed E-state index contributed by atoms with van der Waals surface area (Å²) in [6.07, 6.45) is 8.01. The molecule has 1 saturated heterocycles. The van der Waals surface area contributed by atoms with Crippen LogP contribution in [-0.4, -0.2) is 35.5 Å². The monoisotopic (exact) mass is 293 g/mol. The molecule has 118 valence electrons. The van der Waals surface area contributed by atoms with Crippen molar-refractivity contribution in [3.63, 3.8) is 0 Å². The molecule has 1 aliphatic heterocycles. The molecular weight excluding hydrogens is 266 g/mol. The fourth-order valence-electron chi connectivity index (χ4n) is 2.97. The third-order valence-corrected chi connectivity index (χ3v) is 4.07. The molecule has 1 unspecified atom stereocenters. The Balaban J connectivity index is 1.91. The Morgan fingerprint density at radius 1 is 1.24 bits per heavy atom. The minimum absolute atomic E-state index is 0.0399. The number of carbonyl (C=O) groups excluding carboxylic acids is 2. The molecule has 1 atom stereocenters. The SMILES string of the molecule is CC(C)(C)OC(=O)N1CCC(C(=O)C2=CCCCCC2)C1. The third kappa shape index (κ3) is 4.58. The summed E-state index contributed by atoms with van der Waals surface area (Å²) < 4.78 is 5.38. The minimum Gasteiger partial charge on any atom is -0.444 e. The number of hydrogen-bond acceptors (Lipinski definition) is 3. The molecule has 2 aliphatic rings. The van der Waals surface area contributed by atoms with E-state index in [1.807, 2.05) is 20.8 Å². The first-order valence-electron chi connectivity index (χ1n) is 8.08. The van der Waals surface area contributed by atoms with Gasteiger partial charge in [-0.25, -0.2) is 4.79 Å². The Morgan fingerprint density at radius 2 is 2.00 bits per heavy atom. The van der Waals surface area contributed by atoms with Gasteiger partial charge in [0.1, 0.15) is 5.60 Å². The van der Waals surface area contributed by atoms with Crippen LogP contribution >= 0.6 is 0 Å². The van der Waals surface area contributed by atoms with Crippen molar-refractivity contribution in [2.75, 3.05) is 13.1 Å². The van der Waals surface area contributed by atoms with E-state index in [1.54, 1.807) is 4.90 Å². The zero-order chi connectivity index (χ0) is 15.5. The van der Waals surface area contributed by atoms with Gasteiger partial charge in [0.2, 0.25) is 0 Å². The van der Waals surface area contributed by atoms with Crippen molar-refractivity contribution in [1.82, 2.24) is 4.90 Å². The summed E-state index contributed by atoms with van der Waals surface area (Å²) >= 11 is 0. The fourth-order valence-corrected chi connectivity index (χ4v) is 2.97. The van der Waals surface area contributed by atoms with Gasteiger partial charge in [0.25, 0.3) is 0 Å². The van der Waals surface area contributed by atoms with Gasteiger partial charge >= 0.3 is 6.09 Å². The largest absolute Gasteiger partial charge is 0.444 e. The number of allylic oxidation sites excluding steroid dienone is 2. The standard InChI is InChI=1S/C17H27NO3/c1-17(2,3)21-16(20)18-11-10-14(12-18)15(19)13-8-6-4-5-7-9-13/h8,14H,4-7,9-12H2,1-3H3. The van der Waals surface area contributed by atoms with Crippen LogP contribution in [0.25, 0.3) is 0 Å². The summed E-state index contributed by atoms with van der Waals surface area (Å²) in [5.74, 6) is 0.213. The number of nitrogens with zero attached hydrogens (tertiary/aromatic N) is 1. The van der Waals surface area contributed by atoms with Crippen molar-refractivity contribution in [1.29, 1.82) is 0 Å². The van der Waals surface area contributed by atoms with Gasteiger partial charge in [-0.1, -0.05) is 12.5 Å². The maximum atomic E-state index is 12.6. The lowest BCUT2D eigenvalue weighted by atomic mass is 9.94. The molecule has 0 saturated carbocycles. The van der Waals surface area contributed by atoms with Crippen molar-refractivity contribution in [3.05, 3.63) is 11.6 Å². The predicted molar refractivity (Wildman–Crippen MR) is 82.1 cm³/mol. The average Bonchev–Trinajstić information content (AvgIpc) is 2.72. The first-order chi connectivity index (χ1) is 9.87. The Morgan fingerprint density at radius 3 is 2.71 bits per heavy atom. The number of carbonyl (C=O) groups is 2. The minimum atomic E-state index is -0.483. The highest BCUT2D eigenvalue weighted by molar-refractivity contribution is 5.97. The first-order valence-corrected chi connectivity index (χ1v) is 8.08. The molecule has 1 fully saturated rings. The number of ether oxygens (including phenoxy) is 1. The molecule has 0 bridgehead atoms. The smallest absolute Gasteiger partial charge is 0.410 e. The predicted octanol–water partition coefficient (Wildman–Crippen LogP) is 3.70. The number of Topliss-reactive ketones (excluding diaryl/α,β-unsaturated/α-hetero) is 1. The van der Waals surface area contributed by atoms with Crippen LogP contribution < -0.4 is 0 Å². The van der Waals surface area contributed by atoms with E-state index < -0.39 is 5.60 Å². The van der Waals surface area contributed by atoms with Crippen molar-refractivity contribution >= 4 is 11.9 Å². The fraction of sp³-hybridized carbons (Fsp3) is 0.765. The van der Waals surface area contributed by atoms with E-state index in [2.05, 4.69) is 6.08 Å². The molecule has 2 rings (SSSR count). The summed E-state index contributed by atoms with van der Waals surface area (Å²) in [7, 11) is 0. The Hall–Kier alpha value is -1.32. The average molecular weight is 293 g/mol. The van der Waals surface area contributed by atoms with E-state index in [9.17, 15) is 9.59 Å². The molecule has 0 aromatic rings. The van der Waals surface area contributed by atoms with E-state index in [0.717, 1.165) is 31.3 Å². The summed E-state index contributed by atoms with van der Waals surface area (Å²) in [6.45, 7) is 6.71. The van der Waals surface area contributed by atoms with Crippen LogP contribution in [0.2, 0.25) is 0 Å². The van der Waals surface area contributed by atoms with Gasteiger partial charge in [-0.15, -0.1) is 0 Å². The second kappa shape index (κ2) is 6.63. The van der Waals surface area contributed by atoms with Gasteiger partial charge in [-0.2, -0.15) is 0 Å². The number of hydrogen-bond donors (Lipinski definition) is 0. The van der Waals surface area contributed by atoms with Crippen LogP contribution in [0.1, 0.15) is 59.3 Å². The topological polar surface area (TPSA) is 46.6 Å². The second-order valence-corrected chi connectivity index (χ2v) is 7.10. The van der Waals surface area contributed by atoms with Crippen molar-refractivity contribution in [2.45, 2.75) is 64.9 Å². The van der Waals surface area contributed by atoms with Gasteiger partial charge in [0.05, 0.1) is 0 Å². The number of rotatable bonds is 2. The lowest BCUT2D eigenvalue weighted by Gasteiger charge is -2.24. The molecule has 0 N–H and O–H groups in total. The highest BCUT2D eigenvalue weighted by Gasteiger charge is 2.34. The van der Waals surface area contributed by atoms with Crippen LogP contribution in [0.3, 0.4) is 0 Å². The first kappa shape index (κ1) is 16.1. The molecule has 1 amide bonds. The molecule has 0 aromatic carbocycles. The van der Waals surface area contributed by atoms with Gasteiger partial charge in [-0.05, 0) is 58.4 Å². The molecule has 0 radical (unpaired) electrons. The molecule has 21 heavy (non-hydrogen) atoms. The quantitative estimate of drug-likeness (QED) is 0.780. The summed E-state index contributed by atoms with van der Waals surface area (Å²) in [6, 6.07) is 0. The van der Waals surface area contributed by atoms with Gasteiger partial charge in [-0.3, -0.25) is 4.79 Å². The molecule has 1 aliphatic carbocycles. The lowest BCUT2D eigenvalue weighted by molar-refractivity contribution is -0.119. The Labute approximate surface area is 127 Å². The molecule has 0 aromatic heterocycles. The molecule has 1 heterocycles. The van der Waals surface area contributed by atoms with E-state index in [4.69, 9.17) is 4.74 Å². The maximum absolute atomic E-state index is 12.6. The summed E-state index contributed by atoms with van der Waals surface area (Å²) in [5.41, 5.74) is 0.506. The molecule has 4 heteroatoms. The van der Waals surface area contributed by atoms with E-state index in [-0.39, 0.29) is 17.8 Å². The van der Waals surface area contributed by atoms with Gasteiger partial charge < -0.3 is 9.64 Å². The van der Waals surface area contributed by atoms with Crippen molar-refractivity contribution in [3.8, 4) is 0 Å². The molecule has 4 nitrogen and oxygen atoms in total. The van der Waals surface area contributed by atoms with Crippen LogP contribution in [0, 0.1) is 5.92 Å². The van der Waals surface area contributed by atoms with Crippen LogP contribution in [-0.2, 0) is 9.53 Å². The lowest BCUT2D eigenvalue weighted by Crippen LogP contribution is -2.36. The number of likely N-dealkylation sites (tertiary alicyclic amines) is 1. The zero-order valence-electron chi connectivity index (χ0n) is 13.5. The van der Waals surface area contributed by atoms with Crippen LogP contribution in [0.5, 0.6) is 0 Å². The third-order valence-electron chi connectivity index (χ3n) is 4.07. The molecular formula is C17H27NO3. The highest BCUT2D eigenvalue weighted by atomic mass is 16.6. The normalized spacial score (nSPS) is 23.5. The molecule has 0 spiro atoms. The summed E-state index contributed by atoms with van der Waals surface area (Å²) in [4.78, 5) is 26.3. The Bertz CT molecular complexity index is 434. The van der Waals surface area contributed by atoms with E-state index in [1.165, 1.54) is 12.8 Å².